The third-order valence-corrected chi connectivity index (χ3v) is 5.59. The smallest absolute Gasteiger partial charge is 0.253 e. The van der Waals surface area contributed by atoms with Gasteiger partial charge in [-0.05, 0) is 45.4 Å². The van der Waals surface area contributed by atoms with E-state index in [1.165, 1.54) is 6.92 Å². The monoisotopic (exact) mass is 381 g/mol. The van der Waals surface area contributed by atoms with Crippen LogP contribution < -0.4 is 0 Å². The highest BCUT2D eigenvalue weighted by Crippen LogP contribution is 2.21. The molecule has 1 aromatic heterocycles. The lowest BCUT2D eigenvalue weighted by Crippen LogP contribution is -2.53. The summed E-state index contributed by atoms with van der Waals surface area (Å²) in [5, 5.41) is 0. The number of nitrogens with one attached hydrogen (secondary N) is 1. The third-order valence-electron chi connectivity index (χ3n) is 5.59. The zero-order valence-electron chi connectivity index (χ0n) is 16.9. The molecule has 28 heavy (non-hydrogen) atoms. The van der Waals surface area contributed by atoms with Gasteiger partial charge in [0.25, 0.3) is 5.91 Å². The summed E-state index contributed by atoms with van der Waals surface area (Å²) in [6, 6.07) is 8.95. The lowest BCUT2D eigenvalue weighted by atomic mass is 10.0. The summed E-state index contributed by atoms with van der Waals surface area (Å²) in [5.74, 6) is -0.0249. The number of carbonyl (C=O) groups is 3. The molecular weight excluding hydrogens is 354 g/mol. The molecule has 0 spiro atoms. The minimum Gasteiger partial charge on any atom is -0.355 e. The van der Waals surface area contributed by atoms with Gasteiger partial charge in [0.05, 0.1) is 11.7 Å². The second-order valence-electron chi connectivity index (χ2n) is 7.42. The Morgan fingerprint density at radius 3 is 2.14 bits per heavy atom. The van der Waals surface area contributed by atoms with Crippen LogP contribution in [0.2, 0.25) is 0 Å². The van der Waals surface area contributed by atoms with Gasteiger partial charge in [-0.3, -0.25) is 19.3 Å². The fraction of sp³-hybridized carbons (Fsp3) is 0.409. The molecule has 148 valence electrons. The van der Waals surface area contributed by atoms with E-state index in [1.807, 2.05) is 56.0 Å². The molecule has 1 saturated heterocycles. The molecule has 6 nitrogen and oxygen atoms in total. The zero-order chi connectivity index (χ0) is 20.4. The maximum Gasteiger partial charge on any atom is 0.253 e. The largest absolute Gasteiger partial charge is 0.355 e. The Hall–Kier alpha value is -2.73. The number of aromatic nitrogens is 1. The number of Topliss-reactive ketones (excluding diaryl/α,β-unsaturated/α-hetero) is 2. The highest BCUT2D eigenvalue weighted by molar-refractivity contribution is 6.05. The van der Waals surface area contributed by atoms with Gasteiger partial charge >= 0.3 is 0 Å². The highest BCUT2D eigenvalue weighted by atomic mass is 16.2. The van der Waals surface area contributed by atoms with Crippen LogP contribution in [0.15, 0.2) is 30.3 Å². The van der Waals surface area contributed by atoms with Crippen LogP contribution in [-0.4, -0.2) is 64.5 Å². The van der Waals surface area contributed by atoms with E-state index in [4.69, 9.17) is 0 Å². The zero-order valence-corrected chi connectivity index (χ0v) is 16.9. The van der Waals surface area contributed by atoms with Crippen molar-refractivity contribution in [3.63, 3.8) is 0 Å². The second kappa shape index (κ2) is 8.10. The molecule has 1 atom stereocenters. The molecule has 2 aromatic rings. The second-order valence-corrected chi connectivity index (χ2v) is 7.42. The van der Waals surface area contributed by atoms with E-state index < -0.39 is 0 Å². The van der Waals surface area contributed by atoms with Crippen LogP contribution >= 0.6 is 0 Å². The molecule has 0 unspecified atom stereocenters. The van der Waals surface area contributed by atoms with Crippen molar-refractivity contribution in [1.29, 1.82) is 0 Å². The maximum atomic E-state index is 13.0. The van der Waals surface area contributed by atoms with Crippen LogP contribution in [0.3, 0.4) is 0 Å². The van der Waals surface area contributed by atoms with Gasteiger partial charge in [0.15, 0.2) is 11.6 Å². The van der Waals surface area contributed by atoms with Gasteiger partial charge < -0.3 is 9.88 Å². The molecule has 0 aliphatic carbocycles. The summed E-state index contributed by atoms with van der Waals surface area (Å²) in [5.41, 5.74) is 3.26. The highest BCUT2D eigenvalue weighted by Gasteiger charge is 2.30. The van der Waals surface area contributed by atoms with Gasteiger partial charge in [-0.2, -0.15) is 0 Å². The third kappa shape index (κ3) is 3.78. The lowest BCUT2D eigenvalue weighted by molar-refractivity contribution is 0.0550. The summed E-state index contributed by atoms with van der Waals surface area (Å²) in [7, 11) is 0. The summed E-state index contributed by atoms with van der Waals surface area (Å²) in [6.45, 7) is 9.51. The summed E-state index contributed by atoms with van der Waals surface area (Å²) in [6.07, 6.45) is 0. The van der Waals surface area contributed by atoms with Gasteiger partial charge in [-0.25, -0.2) is 0 Å². The Bertz CT molecular complexity index is 893. The van der Waals surface area contributed by atoms with E-state index >= 15 is 0 Å². The minimum absolute atomic E-state index is 0.0177. The standard InChI is InChI=1S/C22H27N3O3/c1-14-19(17(4)26)15(2)23-20(14)21(27)16(3)24-10-12-25(13-11-24)22(28)18-8-6-5-7-9-18/h5-9,16,23H,10-13H2,1-4H3/t16-/m0/s1. The number of carbonyl (C=O) groups excluding carboxylic acids is 3. The van der Waals surface area contributed by atoms with Gasteiger partial charge in [0, 0.05) is 43.0 Å². The average molecular weight is 381 g/mol. The topological polar surface area (TPSA) is 73.5 Å². The molecule has 0 saturated carbocycles. The number of nitrogens with zero attached hydrogens (tertiary/aromatic N) is 2. The van der Waals surface area contributed by atoms with Gasteiger partial charge in [-0.15, -0.1) is 0 Å². The number of rotatable bonds is 5. The normalized spacial score (nSPS) is 16.1. The first-order valence-electron chi connectivity index (χ1n) is 9.64. The minimum atomic E-state index is -0.314. The molecule has 2 heterocycles. The van der Waals surface area contributed by atoms with Crippen molar-refractivity contribution < 1.29 is 14.4 Å². The first-order chi connectivity index (χ1) is 13.3. The molecule has 0 bridgehead atoms. The first kappa shape index (κ1) is 20.0. The predicted octanol–water partition coefficient (Wildman–Crippen LogP) is 2.86. The summed E-state index contributed by atoms with van der Waals surface area (Å²) in [4.78, 5) is 44.5. The lowest BCUT2D eigenvalue weighted by Gasteiger charge is -2.37. The first-order valence-corrected chi connectivity index (χ1v) is 9.64. The molecule has 1 aromatic carbocycles. The average Bonchev–Trinajstić information content (AvgIpc) is 3.01. The van der Waals surface area contributed by atoms with Gasteiger partial charge in [0.2, 0.25) is 0 Å². The van der Waals surface area contributed by atoms with Crippen LogP contribution in [0.5, 0.6) is 0 Å². The van der Waals surface area contributed by atoms with Crippen molar-refractivity contribution in [2.75, 3.05) is 26.2 Å². The van der Waals surface area contributed by atoms with E-state index in [0.29, 0.717) is 43.0 Å². The Kier molecular flexibility index (Phi) is 5.79. The van der Waals surface area contributed by atoms with Crippen molar-refractivity contribution >= 4 is 17.5 Å². The number of amides is 1. The van der Waals surface area contributed by atoms with Crippen LogP contribution in [0.1, 0.15) is 56.3 Å². The Balaban J connectivity index is 1.66. The Morgan fingerprint density at radius 1 is 1.00 bits per heavy atom. The molecule has 0 radical (unpaired) electrons. The SMILES string of the molecule is CC(=O)c1c(C)[nH]c(C(=O)[C@H](C)N2CCN(C(=O)c3ccccc3)CC2)c1C. The maximum absolute atomic E-state index is 13.0. The number of benzene rings is 1. The quantitative estimate of drug-likeness (QED) is 0.809. The molecule has 1 aliphatic rings. The van der Waals surface area contributed by atoms with Crippen molar-refractivity contribution in [3.8, 4) is 0 Å². The molecule has 3 rings (SSSR count). The van der Waals surface area contributed by atoms with Crippen molar-refractivity contribution in [3.05, 3.63) is 58.4 Å². The molecular formula is C22H27N3O3. The van der Waals surface area contributed by atoms with Crippen molar-refractivity contribution in [1.82, 2.24) is 14.8 Å². The van der Waals surface area contributed by atoms with E-state index in [-0.39, 0.29) is 23.5 Å². The Labute approximate surface area is 165 Å². The molecule has 1 amide bonds. The number of aromatic amines is 1. The predicted molar refractivity (Wildman–Crippen MR) is 108 cm³/mol. The van der Waals surface area contributed by atoms with Gasteiger partial charge in [0.1, 0.15) is 0 Å². The Morgan fingerprint density at radius 2 is 1.61 bits per heavy atom. The van der Waals surface area contributed by atoms with Crippen LogP contribution in [0, 0.1) is 13.8 Å². The summed E-state index contributed by atoms with van der Waals surface area (Å²) < 4.78 is 0. The summed E-state index contributed by atoms with van der Waals surface area (Å²) >= 11 is 0. The fourth-order valence-corrected chi connectivity index (χ4v) is 3.97. The number of ketones is 2. The number of hydrogen-bond acceptors (Lipinski definition) is 4. The van der Waals surface area contributed by atoms with E-state index in [9.17, 15) is 14.4 Å². The number of aryl methyl sites for hydroxylation is 1. The van der Waals surface area contributed by atoms with E-state index in [2.05, 4.69) is 9.88 Å². The fourth-order valence-electron chi connectivity index (χ4n) is 3.97. The molecule has 1 N–H and O–H groups in total. The molecule has 1 aliphatic heterocycles. The molecule has 1 fully saturated rings. The number of piperazine rings is 1. The number of H-pyrrole nitrogens is 1. The van der Waals surface area contributed by atoms with Crippen molar-refractivity contribution in [2.24, 2.45) is 0 Å². The molecule has 6 heteroatoms. The van der Waals surface area contributed by atoms with Crippen LogP contribution in [0.25, 0.3) is 0 Å². The van der Waals surface area contributed by atoms with E-state index in [0.717, 1.165) is 11.3 Å². The van der Waals surface area contributed by atoms with Gasteiger partial charge in [-0.1, -0.05) is 18.2 Å². The van der Waals surface area contributed by atoms with E-state index in [1.54, 1.807) is 0 Å². The van der Waals surface area contributed by atoms with Crippen molar-refractivity contribution in [2.45, 2.75) is 33.7 Å². The van der Waals surface area contributed by atoms with Crippen LogP contribution in [-0.2, 0) is 0 Å². The number of hydrogen-bond donors (Lipinski definition) is 1. The van der Waals surface area contributed by atoms with Crippen LogP contribution in [0.4, 0.5) is 0 Å².